The summed E-state index contributed by atoms with van der Waals surface area (Å²) in [6.45, 7) is 0.872. The molecule has 0 bridgehead atoms. The monoisotopic (exact) mass is 242 g/mol. The number of anilines is 1. The van der Waals surface area contributed by atoms with Gasteiger partial charge in [0.15, 0.2) is 0 Å². The Bertz CT molecular complexity index is 367. The van der Waals surface area contributed by atoms with E-state index in [0.29, 0.717) is 0 Å². The molecule has 0 atom stereocenters. The molecule has 0 saturated heterocycles. The molecule has 2 rings (SSSR count). The van der Waals surface area contributed by atoms with E-state index in [1.54, 1.807) is 12.1 Å². The summed E-state index contributed by atoms with van der Waals surface area (Å²) in [7, 11) is 0. The molecule has 0 spiro atoms. The molecule has 5 heteroatoms. The Hall–Kier alpha value is -1.10. The number of rotatable bonds is 1. The van der Waals surface area contributed by atoms with E-state index in [2.05, 4.69) is 16.1 Å². The molecule has 13 heavy (non-hydrogen) atoms. The first-order chi connectivity index (χ1) is 6.18. The summed E-state index contributed by atoms with van der Waals surface area (Å²) in [5, 5.41) is 10.5. The van der Waals surface area contributed by atoms with E-state index in [0.717, 1.165) is 24.2 Å². The molecule has 0 aliphatic carbocycles. The molecule has 1 aromatic carbocycles. The lowest BCUT2D eigenvalue weighted by Crippen LogP contribution is -2.03. The number of nitro groups is 1. The van der Waals surface area contributed by atoms with Crippen molar-refractivity contribution in [2.45, 2.75) is 6.42 Å². The van der Waals surface area contributed by atoms with E-state index in [-0.39, 0.29) is 10.6 Å². The maximum atomic E-state index is 10.5. The van der Waals surface area contributed by atoms with Crippen LogP contribution in [0, 0.1) is 10.1 Å². The quantitative estimate of drug-likeness (QED) is 0.431. The summed E-state index contributed by atoms with van der Waals surface area (Å²) < 4.78 is 1.92. The predicted octanol–water partition coefficient (Wildman–Crippen LogP) is 2.27. The molecule has 0 amide bonds. The number of non-ortho nitro benzene ring substituents is 1. The number of benzene rings is 1. The van der Waals surface area contributed by atoms with Crippen molar-refractivity contribution in [3.8, 4) is 0 Å². The lowest BCUT2D eigenvalue weighted by Gasteiger charge is -2.07. The Morgan fingerprint density at radius 3 is 3.00 bits per heavy atom. The molecule has 0 N–H and O–H groups in total. The van der Waals surface area contributed by atoms with E-state index in [4.69, 9.17) is 0 Å². The first-order valence-corrected chi connectivity index (χ1v) is 4.60. The fraction of sp³-hybridized carbons (Fsp3) is 0.250. The number of halogens is 1. The molecule has 4 nitrogen and oxygen atoms in total. The van der Waals surface area contributed by atoms with Gasteiger partial charge in [0.25, 0.3) is 5.69 Å². The highest BCUT2D eigenvalue weighted by Crippen LogP contribution is 2.32. The van der Waals surface area contributed by atoms with Gasteiger partial charge < -0.3 is 3.93 Å². The number of hydrogen-bond acceptors (Lipinski definition) is 3. The first kappa shape index (κ1) is 8.50. The van der Waals surface area contributed by atoms with Crippen molar-refractivity contribution in [3.63, 3.8) is 0 Å². The maximum Gasteiger partial charge on any atom is 0.269 e. The highest BCUT2D eigenvalue weighted by molar-refractivity contribution is 9.10. The second kappa shape index (κ2) is 2.99. The Labute approximate surface area is 83.6 Å². The second-order valence-electron chi connectivity index (χ2n) is 2.91. The van der Waals surface area contributed by atoms with E-state index in [1.165, 1.54) is 6.07 Å². The summed E-state index contributed by atoms with van der Waals surface area (Å²) in [4.78, 5) is 10.1. The van der Waals surface area contributed by atoms with Gasteiger partial charge in [-0.05, 0) is 18.1 Å². The van der Waals surface area contributed by atoms with Crippen LogP contribution >= 0.6 is 16.1 Å². The van der Waals surface area contributed by atoms with Crippen LogP contribution in [0.15, 0.2) is 18.2 Å². The zero-order chi connectivity index (χ0) is 9.42. The third kappa shape index (κ3) is 1.39. The first-order valence-electron chi connectivity index (χ1n) is 3.89. The Morgan fingerprint density at radius 1 is 1.54 bits per heavy atom. The van der Waals surface area contributed by atoms with Gasteiger partial charge in [-0.1, -0.05) is 0 Å². The van der Waals surface area contributed by atoms with Crippen LogP contribution in [0.2, 0.25) is 0 Å². The molecule has 1 aliphatic heterocycles. The van der Waals surface area contributed by atoms with Gasteiger partial charge in [-0.2, -0.15) is 0 Å². The molecule has 1 aliphatic rings. The number of nitrogens with zero attached hydrogens (tertiary/aromatic N) is 2. The average Bonchev–Trinajstić information content (AvgIpc) is 2.47. The minimum absolute atomic E-state index is 0.168. The summed E-state index contributed by atoms with van der Waals surface area (Å²) in [6, 6.07) is 4.93. The average molecular weight is 243 g/mol. The minimum Gasteiger partial charge on any atom is -0.308 e. The summed E-state index contributed by atoms with van der Waals surface area (Å²) in [6.07, 6.45) is 0.863. The van der Waals surface area contributed by atoms with Gasteiger partial charge >= 0.3 is 0 Å². The zero-order valence-corrected chi connectivity index (χ0v) is 8.32. The Balaban J connectivity index is 2.45. The molecule has 1 aromatic rings. The lowest BCUT2D eigenvalue weighted by atomic mass is 10.1. The van der Waals surface area contributed by atoms with Crippen LogP contribution < -0.4 is 3.93 Å². The van der Waals surface area contributed by atoms with Crippen LogP contribution in [-0.2, 0) is 6.42 Å². The number of fused-ring (bicyclic) bond motifs is 1. The van der Waals surface area contributed by atoms with Crippen molar-refractivity contribution in [2.75, 3.05) is 10.5 Å². The van der Waals surface area contributed by atoms with E-state index < -0.39 is 0 Å². The molecule has 68 valence electrons. The predicted molar refractivity (Wildman–Crippen MR) is 53.1 cm³/mol. The van der Waals surface area contributed by atoms with Gasteiger partial charge in [-0.25, -0.2) is 0 Å². The van der Waals surface area contributed by atoms with Crippen LogP contribution in [0.3, 0.4) is 0 Å². The van der Waals surface area contributed by atoms with Gasteiger partial charge in [-0.3, -0.25) is 10.1 Å². The Kier molecular flexibility index (Phi) is 1.95. The van der Waals surface area contributed by atoms with Crippen molar-refractivity contribution in [3.05, 3.63) is 33.9 Å². The van der Waals surface area contributed by atoms with E-state index >= 15 is 0 Å². The van der Waals surface area contributed by atoms with E-state index in [9.17, 15) is 10.1 Å². The minimum atomic E-state index is -0.364. The normalized spacial score (nSPS) is 14.4. The molecule has 0 unspecified atom stereocenters. The number of hydrogen-bond donors (Lipinski definition) is 0. The molecular weight excluding hydrogens is 236 g/mol. The van der Waals surface area contributed by atoms with Gasteiger partial charge in [0.1, 0.15) is 0 Å². The third-order valence-corrected chi connectivity index (χ3v) is 2.85. The van der Waals surface area contributed by atoms with Crippen molar-refractivity contribution in [1.29, 1.82) is 0 Å². The smallest absolute Gasteiger partial charge is 0.269 e. The summed E-state index contributed by atoms with van der Waals surface area (Å²) in [5.74, 6) is 0. The lowest BCUT2D eigenvalue weighted by molar-refractivity contribution is -0.384. The Morgan fingerprint density at radius 2 is 2.31 bits per heavy atom. The van der Waals surface area contributed by atoms with Gasteiger partial charge in [-0.15, -0.1) is 0 Å². The van der Waals surface area contributed by atoms with Crippen molar-refractivity contribution in [1.82, 2.24) is 0 Å². The van der Waals surface area contributed by atoms with Crippen LogP contribution in [0.4, 0.5) is 11.4 Å². The summed E-state index contributed by atoms with van der Waals surface area (Å²) in [5.41, 5.74) is 2.23. The van der Waals surface area contributed by atoms with Crippen molar-refractivity contribution < 1.29 is 4.92 Å². The van der Waals surface area contributed by atoms with Crippen LogP contribution in [0.5, 0.6) is 0 Å². The SMILES string of the molecule is O=[N+]([O-])c1ccc2c(c1)CCN2Br. The van der Waals surface area contributed by atoms with Crippen LogP contribution in [-0.4, -0.2) is 11.5 Å². The fourth-order valence-electron chi connectivity index (χ4n) is 1.46. The van der Waals surface area contributed by atoms with Crippen LogP contribution in [0.1, 0.15) is 5.56 Å². The molecule has 0 saturated carbocycles. The van der Waals surface area contributed by atoms with Gasteiger partial charge in [0, 0.05) is 34.8 Å². The van der Waals surface area contributed by atoms with Gasteiger partial charge in [0.05, 0.1) is 10.6 Å². The van der Waals surface area contributed by atoms with Crippen molar-refractivity contribution in [2.24, 2.45) is 0 Å². The molecule has 0 aromatic heterocycles. The number of nitro benzene ring substituents is 1. The topological polar surface area (TPSA) is 46.4 Å². The van der Waals surface area contributed by atoms with E-state index in [1.807, 2.05) is 3.93 Å². The molecular formula is C8H7BrN2O2. The highest BCUT2D eigenvalue weighted by atomic mass is 79.9. The largest absolute Gasteiger partial charge is 0.308 e. The molecule has 0 radical (unpaired) electrons. The van der Waals surface area contributed by atoms with Gasteiger partial charge in [0.2, 0.25) is 0 Å². The third-order valence-electron chi connectivity index (χ3n) is 2.11. The molecule has 0 fully saturated rings. The molecule has 1 heterocycles. The zero-order valence-electron chi connectivity index (χ0n) is 6.74. The fourth-order valence-corrected chi connectivity index (χ4v) is 1.98. The summed E-state index contributed by atoms with van der Waals surface area (Å²) >= 11 is 3.36. The van der Waals surface area contributed by atoms with Crippen LogP contribution in [0.25, 0.3) is 0 Å². The van der Waals surface area contributed by atoms with Crippen molar-refractivity contribution >= 4 is 27.5 Å². The second-order valence-corrected chi connectivity index (χ2v) is 3.76. The highest BCUT2D eigenvalue weighted by Gasteiger charge is 2.19. The standard InChI is InChI=1S/C8H7BrN2O2/c9-10-4-3-6-5-7(11(12)13)1-2-8(6)10/h1-2,5H,3-4H2. The maximum absolute atomic E-state index is 10.5.